The first-order chi connectivity index (χ1) is 17.6. The van der Waals surface area contributed by atoms with Gasteiger partial charge in [0.25, 0.3) is 0 Å². The van der Waals surface area contributed by atoms with Gasteiger partial charge in [-0.15, -0.1) is 0 Å². The molecule has 0 radical (unpaired) electrons. The van der Waals surface area contributed by atoms with E-state index in [0.29, 0.717) is 35.7 Å². The Labute approximate surface area is 212 Å². The maximum absolute atomic E-state index is 12.4. The second-order valence-corrected chi connectivity index (χ2v) is 8.31. The SMILES string of the molecule is Nc1ccc(CCC(=O)/C=C/c2ccc(OC(=O)c3ccc(OCCCC(F)(F)F)cc3)cc2)c(N)c1. The van der Waals surface area contributed by atoms with Gasteiger partial charge >= 0.3 is 12.1 Å². The van der Waals surface area contributed by atoms with Gasteiger partial charge in [0.05, 0.1) is 12.2 Å². The number of aryl methyl sites for hydroxylation is 1. The molecule has 0 heterocycles. The number of carbonyl (C=O) groups is 2. The number of nitrogen functional groups attached to an aromatic ring is 2. The molecule has 4 N–H and O–H groups in total. The highest BCUT2D eigenvalue weighted by Crippen LogP contribution is 2.22. The van der Waals surface area contributed by atoms with E-state index in [1.54, 1.807) is 42.5 Å². The first kappa shape index (κ1) is 27.3. The number of esters is 1. The molecule has 0 saturated heterocycles. The molecule has 0 aliphatic heterocycles. The van der Waals surface area contributed by atoms with Gasteiger partial charge < -0.3 is 20.9 Å². The maximum atomic E-state index is 12.4. The van der Waals surface area contributed by atoms with E-state index in [0.717, 1.165) is 11.1 Å². The molecule has 0 fully saturated rings. The molecule has 6 nitrogen and oxygen atoms in total. The number of ether oxygens (including phenoxy) is 2. The van der Waals surface area contributed by atoms with Gasteiger partial charge in [-0.1, -0.05) is 24.3 Å². The van der Waals surface area contributed by atoms with E-state index < -0.39 is 18.6 Å². The van der Waals surface area contributed by atoms with Gasteiger partial charge in [0.2, 0.25) is 0 Å². The Morgan fingerprint density at radius 3 is 2.22 bits per heavy atom. The molecule has 3 aromatic rings. The van der Waals surface area contributed by atoms with Crippen LogP contribution < -0.4 is 20.9 Å². The molecule has 37 heavy (non-hydrogen) atoms. The summed E-state index contributed by atoms with van der Waals surface area (Å²) < 4.78 is 47.1. The van der Waals surface area contributed by atoms with Crippen molar-refractivity contribution in [1.29, 1.82) is 0 Å². The van der Waals surface area contributed by atoms with Gasteiger partial charge in [0.15, 0.2) is 5.78 Å². The van der Waals surface area contributed by atoms with E-state index in [2.05, 4.69) is 0 Å². The third-order valence-corrected chi connectivity index (χ3v) is 5.33. The zero-order valence-electron chi connectivity index (χ0n) is 20.0. The third kappa shape index (κ3) is 9.36. The smallest absolute Gasteiger partial charge is 0.389 e. The predicted molar refractivity (Wildman–Crippen MR) is 136 cm³/mol. The highest BCUT2D eigenvalue weighted by Gasteiger charge is 2.26. The number of carbonyl (C=O) groups excluding carboxylic acids is 2. The van der Waals surface area contributed by atoms with Crippen LogP contribution in [0.5, 0.6) is 11.5 Å². The van der Waals surface area contributed by atoms with Crippen molar-refractivity contribution in [3.8, 4) is 11.5 Å². The van der Waals surface area contributed by atoms with Gasteiger partial charge in [-0.3, -0.25) is 4.79 Å². The lowest BCUT2D eigenvalue weighted by Gasteiger charge is -2.09. The standard InChI is InChI=1S/C28H27F3N2O4/c29-28(30,31)16-1-17-36-24-14-7-21(8-15-24)27(35)37-25-12-3-19(4-13-25)2-10-23(34)11-6-20-5-9-22(32)18-26(20)33/h2-5,7-10,12-15,18H,1,6,11,16-17,32-33H2/b10-2+. The molecule has 9 heteroatoms. The minimum Gasteiger partial charge on any atom is -0.494 e. The van der Waals surface area contributed by atoms with Crippen molar-refractivity contribution in [1.82, 2.24) is 0 Å². The van der Waals surface area contributed by atoms with Gasteiger partial charge in [-0.05, 0) is 78.6 Å². The topological polar surface area (TPSA) is 105 Å². The van der Waals surface area contributed by atoms with Crippen LogP contribution in [0.1, 0.15) is 40.7 Å². The van der Waals surface area contributed by atoms with E-state index in [4.69, 9.17) is 20.9 Å². The summed E-state index contributed by atoms with van der Waals surface area (Å²) in [4.78, 5) is 24.6. The molecule has 0 aromatic heterocycles. The lowest BCUT2D eigenvalue weighted by molar-refractivity contribution is -0.136. The van der Waals surface area contributed by atoms with Gasteiger partial charge in [0, 0.05) is 24.2 Å². The number of alkyl halides is 3. The van der Waals surface area contributed by atoms with E-state index in [-0.39, 0.29) is 24.4 Å². The molecule has 0 atom stereocenters. The van der Waals surface area contributed by atoms with Crippen molar-refractivity contribution in [2.45, 2.75) is 31.9 Å². The summed E-state index contributed by atoms with van der Waals surface area (Å²) in [6, 6.07) is 17.8. The van der Waals surface area contributed by atoms with Crippen LogP contribution in [0.25, 0.3) is 6.08 Å². The Morgan fingerprint density at radius 2 is 1.57 bits per heavy atom. The number of hydrogen-bond donors (Lipinski definition) is 2. The summed E-state index contributed by atoms with van der Waals surface area (Å²) in [5.41, 5.74) is 14.6. The summed E-state index contributed by atoms with van der Waals surface area (Å²) in [5.74, 6) is 0.0321. The number of ketones is 1. The summed E-state index contributed by atoms with van der Waals surface area (Å²) >= 11 is 0. The molecule has 0 bridgehead atoms. The molecular weight excluding hydrogens is 485 g/mol. The van der Waals surface area contributed by atoms with Crippen LogP contribution in [0.15, 0.2) is 72.8 Å². The van der Waals surface area contributed by atoms with Crippen LogP contribution in [0, 0.1) is 0 Å². The molecule has 0 saturated carbocycles. The van der Waals surface area contributed by atoms with Crippen molar-refractivity contribution in [2.24, 2.45) is 0 Å². The Balaban J connectivity index is 1.45. The molecule has 0 unspecified atom stereocenters. The zero-order chi connectivity index (χ0) is 26.8. The molecule has 0 aliphatic carbocycles. The van der Waals surface area contributed by atoms with Crippen molar-refractivity contribution in [3.05, 3.63) is 89.5 Å². The van der Waals surface area contributed by atoms with Crippen LogP contribution in [0.4, 0.5) is 24.5 Å². The van der Waals surface area contributed by atoms with Crippen LogP contribution in [-0.4, -0.2) is 24.5 Å². The summed E-state index contributed by atoms with van der Waals surface area (Å²) in [6.07, 6.45) is -1.30. The fourth-order valence-corrected chi connectivity index (χ4v) is 3.33. The summed E-state index contributed by atoms with van der Waals surface area (Å²) in [7, 11) is 0. The van der Waals surface area contributed by atoms with Gasteiger partial charge in [-0.25, -0.2) is 4.79 Å². The van der Waals surface area contributed by atoms with E-state index >= 15 is 0 Å². The quantitative estimate of drug-likeness (QED) is 0.107. The Hall–Kier alpha value is -4.27. The molecule has 0 spiro atoms. The van der Waals surface area contributed by atoms with E-state index in [1.165, 1.54) is 30.3 Å². The Kier molecular flexibility index (Phi) is 9.32. The predicted octanol–water partition coefficient (Wildman–Crippen LogP) is 6.01. The normalized spacial score (nSPS) is 11.4. The molecule has 0 aliphatic rings. The van der Waals surface area contributed by atoms with Crippen LogP contribution in [0.3, 0.4) is 0 Å². The number of benzene rings is 3. The maximum Gasteiger partial charge on any atom is 0.389 e. The fourth-order valence-electron chi connectivity index (χ4n) is 3.33. The number of anilines is 2. The minimum absolute atomic E-state index is 0.0560. The number of rotatable bonds is 11. The average Bonchev–Trinajstić information content (AvgIpc) is 2.85. The molecule has 194 valence electrons. The highest BCUT2D eigenvalue weighted by molar-refractivity contribution is 5.94. The molecular formula is C28H27F3N2O4. The lowest BCUT2D eigenvalue weighted by Crippen LogP contribution is -2.10. The van der Waals surface area contributed by atoms with Crippen LogP contribution >= 0.6 is 0 Å². The first-order valence-electron chi connectivity index (χ1n) is 11.6. The second-order valence-electron chi connectivity index (χ2n) is 8.31. The Bertz CT molecular complexity index is 1240. The number of hydrogen-bond acceptors (Lipinski definition) is 6. The van der Waals surface area contributed by atoms with Crippen LogP contribution in [-0.2, 0) is 11.2 Å². The van der Waals surface area contributed by atoms with Crippen molar-refractivity contribution >= 4 is 29.2 Å². The minimum atomic E-state index is -4.21. The highest BCUT2D eigenvalue weighted by atomic mass is 19.4. The Morgan fingerprint density at radius 1 is 0.892 bits per heavy atom. The van der Waals surface area contributed by atoms with Gasteiger partial charge in [-0.2, -0.15) is 13.2 Å². The van der Waals surface area contributed by atoms with Crippen molar-refractivity contribution < 1.29 is 32.2 Å². The van der Waals surface area contributed by atoms with Crippen LogP contribution in [0.2, 0.25) is 0 Å². The number of allylic oxidation sites excluding steroid dienone is 1. The number of nitrogens with two attached hydrogens (primary N) is 2. The largest absolute Gasteiger partial charge is 0.494 e. The summed E-state index contributed by atoms with van der Waals surface area (Å²) in [6.45, 7) is -0.0765. The van der Waals surface area contributed by atoms with E-state index in [9.17, 15) is 22.8 Å². The third-order valence-electron chi connectivity index (χ3n) is 5.33. The molecule has 3 rings (SSSR count). The monoisotopic (exact) mass is 512 g/mol. The zero-order valence-corrected chi connectivity index (χ0v) is 20.0. The van der Waals surface area contributed by atoms with Crippen molar-refractivity contribution in [3.63, 3.8) is 0 Å². The number of halogens is 3. The summed E-state index contributed by atoms with van der Waals surface area (Å²) in [5, 5.41) is 0. The fraction of sp³-hybridized carbons (Fsp3) is 0.214. The first-order valence-corrected chi connectivity index (χ1v) is 11.6. The average molecular weight is 513 g/mol. The lowest BCUT2D eigenvalue weighted by atomic mass is 10.0. The van der Waals surface area contributed by atoms with Gasteiger partial charge in [0.1, 0.15) is 11.5 Å². The van der Waals surface area contributed by atoms with E-state index in [1.807, 2.05) is 6.07 Å². The molecule has 3 aromatic carbocycles. The van der Waals surface area contributed by atoms with Crippen molar-refractivity contribution in [2.75, 3.05) is 18.1 Å². The molecule has 0 amide bonds. The second kappa shape index (κ2) is 12.6.